The molecule has 0 radical (unpaired) electrons. The minimum atomic E-state index is 0.269. The van der Waals surface area contributed by atoms with Crippen LogP contribution in [0.1, 0.15) is 24.1 Å². The third-order valence-electron chi connectivity index (χ3n) is 2.94. The van der Waals surface area contributed by atoms with Gasteiger partial charge in [0.25, 0.3) is 0 Å². The van der Waals surface area contributed by atoms with Crippen LogP contribution in [-0.4, -0.2) is 40.3 Å². The smallest absolute Gasteiger partial charge is 0.167 e. The largest absolute Gasteiger partial charge is 0.380 e. The first-order valence-electron chi connectivity index (χ1n) is 5.76. The van der Waals surface area contributed by atoms with Gasteiger partial charge in [0.2, 0.25) is 0 Å². The van der Waals surface area contributed by atoms with Gasteiger partial charge >= 0.3 is 0 Å². The van der Waals surface area contributed by atoms with Gasteiger partial charge in [-0.3, -0.25) is 0 Å². The van der Waals surface area contributed by atoms with E-state index in [0.29, 0.717) is 0 Å². The SMILES string of the molecule is C1COCCC(c2nc3n(n2)CCSC3)N1. The summed E-state index contributed by atoms with van der Waals surface area (Å²) in [4.78, 5) is 4.63. The topological polar surface area (TPSA) is 52.0 Å². The predicted molar refractivity (Wildman–Crippen MR) is 62.4 cm³/mol. The number of aryl methyl sites for hydroxylation is 1. The van der Waals surface area contributed by atoms with E-state index in [0.717, 1.165) is 55.9 Å². The van der Waals surface area contributed by atoms with Gasteiger partial charge in [-0.1, -0.05) is 0 Å². The molecule has 0 saturated carbocycles. The Labute approximate surface area is 99.0 Å². The lowest BCUT2D eigenvalue weighted by Crippen LogP contribution is -2.23. The zero-order valence-electron chi connectivity index (χ0n) is 9.19. The highest BCUT2D eigenvalue weighted by molar-refractivity contribution is 7.98. The zero-order chi connectivity index (χ0) is 10.8. The molecule has 0 amide bonds. The van der Waals surface area contributed by atoms with E-state index in [2.05, 4.69) is 20.1 Å². The molecule has 6 heteroatoms. The first-order chi connectivity index (χ1) is 7.93. The van der Waals surface area contributed by atoms with Crippen molar-refractivity contribution in [2.45, 2.75) is 24.8 Å². The molecule has 16 heavy (non-hydrogen) atoms. The summed E-state index contributed by atoms with van der Waals surface area (Å²) < 4.78 is 7.47. The van der Waals surface area contributed by atoms with Gasteiger partial charge < -0.3 is 10.1 Å². The molecule has 2 aliphatic rings. The Bertz CT molecular complexity index is 336. The van der Waals surface area contributed by atoms with Gasteiger partial charge in [0.15, 0.2) is 5.82 Å². The standard InChI is InChI=1S/C10H16N4OS/c1-4-15-5-2-11-8(1)10-12-9-7-16-6-3-14(9)13-10/h8,11H,1-7H2. The molecule has 1 N–H and O–H groups in total. The molecule has 3 rings (SSSR count). The highest BCUT2D eigenvalue weighted by Gasteiger charge is 2.21. The van der Waals surface area contributed by atoms with Crippen molar-refractivity contribution in [1.29, 1.82) is 0 Å². The maximum atomic E-state index is 5.42. The van der Waals surface area contributed by atoms with Gasteiger partial charge in [0, 0.05) is 18.9 Å². The number of nitrogens with zero attached hydrogens (tertiary/aromatic N) is 3. The Balaban J connectivity index is 1.79. The van der Waals surface area contributed by atoms with Crippen molar-refractivity contribution in [3.8, 4) is 0 Å². The van der Waals surface area contributed by atoms with Crippen LogP contribution in [0, 0.1) is 0 Å². The molecule has 88 valence electrons. The highest BCUT2D eigenvalue weighted by atomic mass is 32.2. The molecule has 0 aliphatic carbocycles. The zero-order valence-corrected chi connectivity index (χ0v) is 10.0. The molecule has 5 nitrogen and oxygen atoms in total. The molecule has 1 aromatic rings. The monoisotopic (exact) mass is 240 g/mol. The van der Waals surface area contributed by atoms with Crippen LogP contribution in [0.2, 0.25) is 0 Å². The number of hydrogen-bond donors (Lipinski definition) is 1. The van der Waals surface area contributed by atoms with Crippen molar-refractivity contribution in [3.63, 3.8) is 0 Å². The molecule has 2 aliphatic heterocycles. The van der Waals surface area contributed by atoms with Gasteiger partial charge in [-0.25, -0.2) is 9.67 Å². The second-order valence-corrected chi connectivity index (χ2v) is 5.17. The Morgan fingerprint density at radius 3 is 3.38 bits per heavy atom. The summed E-state index contributed by atoms with van der Waals surface area (Å²) in [7, 11) is 0. The van der Waals surface area contributed by atoms with Crippen molar-refractivity contribution in [2.75, 3.05) is 25.5 Å². The molecule has 1 saturated heterocycles. The van der Waals surface area contributed by atoms with Crippen LogP contribution in [0.5, 0.6) is 0 Å². The summed E-state index contributed by atoms with van der Waals surface area (Å²) >= 11 is 1.93. The van der Waals surface area contributed by atoms with Gasteiger partial charge in [0.05, 0.1) is 24.9 Å². The van der Waals surface area contributed by atoms with Crippen molar-refractivity contribution in [2.24, 2.45) is 0 Å². The van der Waals surface area contributed by atoms with Crippen LogP contribution in [0.4, 0.5) is 0 Å². The average Bonchev–Trinajstić information content (AvgIpc) is 2.56. The molecule has 1 atom stereocenters. The molecule has 1 fully saturated rings. The van der Waals surface area contributed by atoms with Crippen LogP contribution >= 0.6 is 11.8 Å². The van der Waals surface area contributed by atoms with Crippen molar-refractivity contribution in [3.05, 3.63) is 11.6 Å². The first-order valence-corrected chi connectivity index (χ1v) is 6.91. The molecule has 0 spiro atoms. The van der Waals surface area contributed by atoms with Gasteiger partial charge in [-0.2, -0.15) is 16.9 Å². The third kappa shape index (κ3) is 2.09. The minimum Gasteiger partial charge on any atom is -0.380 e. The number of nitrogens with one attached hydrogen (secondary N) is 1. The normalized spacial score (nSPS) is 26.1. The minimum absolute atomic E-state index is 0.269. The summed E-state index contributed by atoms with van der Waals surface area (Å²) in [6, 6.07) is 0.269. The summed E-state index contributed by atoms with van der Waals surface area (Å²) in [6.07, 6.45) is 0.969. The van der Waals surface area contributed by atoms with E-state index in [1.54, 1.807) is 0 Å². The maximum Gasteiger partial charge on any atom is 0.167 e. The Hall–Kier alpha value is -0.590. The summed E-state index contributed by atoms with van der Waals surface area (Å²) in [5.74, 6) is 4.22. The second kappa shape index (κ2) is 4.73. The molecule has 3 heterocycles. The maximum absolute atomic E-state index is 5.42. The van der Waals surface area contributed by atoms with Crippen molar-refractivity contribution >= 4 is 11.8 Å². The van der Waals surface area contributed by atoms with Gasteiger partial charge in [-0.05, 0) is 6.42 Å². The number of hydrogen-bond acceptors (Lipinski definition) is 5. The van der Waals surface area contributed by atoms with Crippen LogP contribution in [-0.2, 0) is 17.0 Å². The summed E-state index contributed by atoms with van der Waals surface area (Å²) in [6.45, 7) is 3.48. The predicted octanol–water partition coefficient (Wildman–Crippen LogP) is 0.576. The van der Waals surface area contributed by atoms with Crippen molar-refractivity contribution < 1.29 is 4.74 Å². The van der Waals surface area contributed by atoms with Gasteiger partial charge in [-0.15, -0.1) is 0 Å². The van der Waals surface area contributed by atoms with Crippen LogP contribution < -0.4 is 5.32 Å². The lowest BCUT2D eigenvalue weighted by Gasteiger charge is -2.10. The number of thioether (sulfide) groups is 1. The third-order valence-corrected chi connectivity index (χ3v) is 3.88. The van der Waals surface area contributed by atoms with E-state index in [1.807, 2.05) is 11.8 Å². The van der Waals surface area contributed by atoms with Crippen LogP contribution in [0.3, 0.4) is 0 Å². The number of rotatable bonds is 1. The molecular formula is C10H16N4OS. The van der Waals surface area contributed by atoms with E-state index in [-0.39, 0.29) is 6.04 Å². The lowest BCUT2D eigenvalue weighted by atomic mass is 10.2. The number of ether oxygens (including phenoxy) is 1. The molecular weight excluding hydrogens is 224 g/mol. The second-order valence-electron chi connectivity index (χ2n) is 4.07. The fourth-order valence-corrected chi connectivity index (χ4v) is 2.92. The number of aromatic nitrogens is 3. The van der Waals surface area contributed by atoms with Crippen LogP contribution in [0.25, 0.3) is 0 Å². The van der Waals surface area contributed by atoms with E-state index in [9.17, 15) is 0 Å². The fourth-order valence-electron chi connectivity index (χ4n) is 2.07. The Kier molecular flexibility index (Phi) is 3.12. The molecule has 0 bridgehead atoms. The van der Waals surface area contributed by atoms with Gasteiger partial charge in [0.1, 0.15) is 5.82 Å². The van der Waals surface area contributed by atoms with Crippen molar-refractivity contribution in [1.82, 2.24) is 20.1 Å². The van der Waals surface area contributed by atoms with E-state index in [4.69, 9.17) is 4.74 Å². The van der Waals surface area contributed by atoms with E-state index < -0.39 is 0 Å². The highest BCUT2D eigenvalue weighted by Crippen LogP contribution is 2.21. The van der Waals surface area contributed by atoms with E-state index >= 15 is 0 Å². The van der Waals surface area contributed by atoms with E-state index in [1.165, 1.54) is 0 Å². The first kappa shape index (κ1) is 10.6. The Morgan fingerprint density at radius 1 is 1.44 bits per heavy atom. The lowest BCUT2D eigenvalue weighted by molar-refractivity contribution is 0.149. The Morgan fingerprint density at radius 2 is 2.44 bits per heavy atom. The number of fused-ring (bicyclic) bond motifs is 1. The average molecular weight is 240 g/mol. The molecule has 0 aromatic carbocycles. The molecule has 1 unspecified atom stereocenters. The summed E-state index contributed by atoms with van der Waals surface area (Å²) in [5.41, 5.74) is 0. The quantitative estimate of drug-likeness (QED) is 0.778. The fraction of sp³-hybridized carbons (Fsp3) is 0.800. The van der Waals surface area contributed by atoms with Crippen LogP contribution in [0.15, 0.2) is 0 Å². The molecule has 1 aromatic heterocycles. The summed E-state index contributed by atoms with van der Waals surface area (Å²) in [5, 5.41) is 8.03.